The standard InChI is InChI=1S/C15H15F2NO/c16-13-5-3-6-14(10-13)18-8-9-19-11-12-4-1-2-7-15(12)17/h1-7,10,18H,8-9,11H2. The predicted molar refractivity (Wildman–Crippen MR) is 70.9 cm³/mol. The number of anilines is 1. The monoisotopic (exact) mass is 263 g/mol. The number of halogens is 2. The Kier molecular flexibility index (Phi) is 4.86. The van der Waals surface area contributed by atoms with Crippen LogP contribution in [0.5, 0.6) is 0 Å². The van der Waals surface area contributed by atoms with Crippen LogP contribution in [-0.2, 0) is 11.3 Å². The zero-order chi connectivity index (χ0) is 13.5. The number of hydrogen-bond donors (Lipinski definition) is 1. The molecule has 0 aliphatic heterocycles. The summed E-state index contributed by atoms with van der Waals surface area (Å²) < 4.78 is 31.5. The summed E-state index contributed by atoms with van der Waals surface area (Å²) in [7, 11) is 0. The SMILES string of the molecule is Fc1cccc(NCCOCc2ccccc2F)c1. The molecule has 2 rings (SSSR count). The fraction of sp³-hybridized carbons (Fsp3) is 0.200. The number of hydrogen-bond acceptors (Lipinski definition) is 2. The molecule has 0 saturated carbocycles. The van der Waals surface area contributed by atoms with Crippen molar-refractivity contribution in [2.75, 3.05) is 18.5 Å². The van der Waals surface area contributed by atoms with Crippen LogP contribution in [0.2, 0.25) is 0 Å². The Balaban J connectivity index is 1.69. The largest absolute Gasteiger partial charge is 0.383 e. The average molecular weight is 263 g/mol. The van der Waals surface area contributed by atoms with Gasteiger partial charge in [-0.15, -0.1) is 0 Å². The fourth-order valence-corrected chi connectivity index (χ4v) is 1.66. The van der Waals surface area contributed by atoms with Crippen LogP contribution in [0.25, 0.3) is 0 Å². The zero-order valence-electron chi connectivity index (χ0n) is 10.4. The van der Waals surface area contributed by atoms with Gasteiger partial charge in [0.05, 0.1) is 13.2 Å². The van der Waals surface area contributed by atoms with Gasteiger partial charge in [0.15, 0.2) is 0 Å². The summed E-state index contributed by atoms with van der Waals surface area (Å²) in [6.07, 6.45) is 0. The van der Waals surface area contributed by atoms with Crippen LogP contribution in [0, 0.1) is 11.6 Å². The molecule has 2 aromatic rings. The van der Waals surface area contributed by atoms with Gasteiger partial charge < -0.3 is 10.1 Å². The lowest BCUT2D eigenvalue weighted by Crippen LogP contribution is -2.09. The molecule has 0 aliphatic rings. The van der Waals surface area contributed by atoms with Gasteiger partial charge in [-0.2, -0.15) is 0 Å². The van der Waals surface area contributed by atoms with E-state index >= 15 is 0 Å². The topological polar surface area (TPSA) is 21.3 Å². The van der Waals surface area contributed by atoms with Crippen molar-refractivity contribution < 1.29 is 13.5 Å². The molecular formula is C15H15F2NO. The summed E-state index contributed by atoms with van der Waals surface area (Å²) in [6, 6.07) is 12.7. The van der Waals surface area contributed by atoms with Crippen LogP contribution in [0.15, 0.2) is 48.5 Å². The van der Waals surface area contributed by atoms with Crippen molar-refractivity contribution in [1.82, 2.24) is 0 Å². The first-order chi connectivity index (χ1) is 9.25. The smallest absolute Gasteiger partial charge is 0.128 e. The van der Waals surface area contributed by atoms with Gasteiger partial charge in [-0.1, -0.05) is 24.3 Å². The second-order valence-electron chi connectivity index (χ2n) is 4.08. The molecule has 0 spiro atoms. The molecule has 0 radical (unpaired) electrons. The van der Waals surface area contributed by atoms with Gasteiger partial charge in [0.1, 0.15) is 11.6 Å². The van der Waals surface area contributed by atoms with E-state index in [-0.39, 0.29) is 18.2 Å². The number of rotatable bonds is 6. The van der Waals surface area contributed by atoms with E-state index in [1.54, 1.807) is 30.3 Å². The Morgan fingerprint density at radius 1 is 1.00 bits per heavy atom. The summed E-state index contributed by atoms with van der Waals surface area (Å²) >= 11 is 0. The van der Waals surface area contributed by atoms with Gasteiger partial charge in [0, 0.05) is 17.8 Å². The highest BCUT2D eigenvalue weighted by Gasteiger charge is 2.00. The minimum Gasteiger partial charge on any atom is -0.383 e. The van der Waals surface area contributed by atoms with Gasteiger partial charge in [-0.25, -0.2) is 8.78 Å². The molecule has 0 atom stereocenters. The molecule has 0 bridgehead atoms. The van der Waals surface area contributed by atoms with E-state index in [0.29, 0.717) is 24.4 Å². The molecule has 0 amide bonds. The Morgan fingerprint density at radius 3 is 2.63 bits per heavy atom. The van der Waals surface area contributed by atoms with Crippen molar-refractivity contribution in [3.63, 3.8) is 0 Å². The van der Waals surface area contributed by atoms with E-state index in [0.717, 1.165) is 0 Å². The first kappa shape index (κ1) is 13.5. The summed E-state index contributed by atoms with van der Waals surface area (Å²) in [6.45, 7) is 1.19. The zero-order valence-corrected chi connectivity index (χ0v) is 10.4. The highest BCUT2D eigenvalue weighted by Crippen LogP contribution is 2.09. The molecule has 2 aromatic carbocycles. The maximum Gasteiger partial charge on any atom is 0.128 e. The molecule has 0 aromatic heterocycles. The van der Waals surface area contributed by atoms with E-state index in [4.69, 9.17) is 4.74 Å². The van der Waals surface area contributed by atoms with Crippen LogP contribution in [0.4, 0.5) is 14.5 Å². The van der Waals surface area contributed by atoms with Gasteiger partial charge in [0.2, 0.25) is 0 Å². The number of ether oxygens (including phenoxy) is 1. The normalized spacial score (nSPS) is 10.4. The molecular weight excluding hydrogens is 248 g/mol. The van der Waals surface area contributed by atoms with Crippen LogP contribution in [-0.4, -0.2) is 13.2 Å². The van der Waals surface area contributed by atoms with E-state index in [2.05, 4.69) is 5.32 Å². The molecule has 0 aliphatic carbocycles. The average Bonchev–Trinajstić information content (AvgIpc) is 2.40. The van der Waals surface area contributed by atoms with Crippen molar-refractivity contribution in [1.29, 1.82) is 0 Å². The minimum absolute atomic E-state index is 0.234. The summed E-state index contributed by atoms with van der Waals surface area (Å²) in [4.78, 5) is 0. The molecule has 0 heterocycles. The van der Waals surface area contributed by atoms with Gasteiger partial charge in [-0.3, -0.25) is 0 Å². The molecule has 2 nitrogen and oxygen atoms in total. The lowest BCUT2D eigenvalue weighted by molar-refractivity contribution is 0.128. The lowest BCUT2D eigenvalue weighted by Gasteiger charge is -2.08. The highest BCUT2D eigenvalue weighted by atomic mass is 19.1. The Bertz CT molecular complexity index is 531. The lowest BCUT2D eigenvalue weighted by atomic mass is 10.2. The third-order valence-corrected chi connectivity index (χ3v) is 2.62. The van der Waals surface area contributed by atoms with E-state index in [1.165, 1.54) is 18.2 Å². The quantitative estimate of drug-likeness (QED) is 0.804. The molecule has 0 fully saturated rings. The highest BCUT2D eigenvalue weighted by molar-refractivity contribution is 5.42. The van der Waals surface area contributed by atoms with Crippen molar-refractivity contribution >= 4 is 5.69 Å². The van der Waals surface area contributed by atoms with Crippen LogP contribution < -0.4 is 5.32 Å². The Hall–Kier alpha value is -1.94. The molecule has 0 saturated heterocycles. The molecule has 19 heavy (non-hydrogen) atoms. The molecule has 4 heteroatoms. The summed E-state index contributed by atoms with van der Waals surface area (Å²) in [5.74, 6) is -0.544. The van der Waals surface area contributed by atoms with Gasteiger partial charge in [-0.05, 0) is 24.3 Å². The van der Waals surface area contributed by atoms with E-state index < -0.39 is 0 Å². The number of benzene rings is 2. The van der Waals surface area contributed by atoms with Crippen LogP contribution in [0.1, 0.15) is 5.56 Å². The van der Waals surface area contributed by atoms with E-state index in [9.17, 15) is 8.78 Å². The first-order valence-corrected chi connectivity index (χ1v) is 6.06. The predicted octanol–water partition coefficient (Wildman–Crippen LogP) is 3.59. The third kappa shape index (κ3) is 4.34. The van der Waals surface area contributed by atoms with Crippen molar-refractivity contribution in [3.05, 3.63) is 65.7 Å². The molecule has 1 N–H and O–H groups in total. The Labute approximate surface area is 111 Å². The maximum absolute atomic E-state index is 13.3. The van der Waals surface area contributed by atoms with Gasteiger partial charge in [0.25, 0.3) is 0 Å². The Morgan fingerprint density at radius 2 is 1.84 bits per heavy atom. The van der Waals surface area contributed by atoms with Crippen molar-refractivity contribution in [2.24, 2.45) is 0 Å². The van der Waals surface area contributed by atoms with Crippen LogP contribution in [0.3, 0.4) is 0 Å². The van der Waals surface area contributed by atoms with Crippen molar-refractivity contribution in [2.45, 2.75) is 6.61 Å². The summed E-state index contributed by atoms with van der Waals surface area (Å²) in [5.41, 5.74) is 1.24. The second-order valence-corrected chi connectivity index (χ2v) is 4.08. The summed E-state index contributed by atoms with van der Waals surface area (Å²) in [5, 5.41) is 3.03. The van der Waals surface area contributed by atoms with Crippen molar-refractivity contribution in [3.8, 4) is 0 Å². The maximum atomic E-state index is 13.3. The van der Waals surface area contributed by atoms with E-state index in [1.807, 2.05) is 0 Å². The first-order valence-electron chi connectivity index (χ1n) is 6.06. The number of nitrogens with one attached hydrogen (secondary N) is 1. The molecule has 100 valence electrons. The van der Waals surface area contributed by atoms with Crippen LogP contribution >= 0.6 is 0 Å². The molecule has 0 unspecified atom stereocenters. The second kappa shape index (κ2) is 6.85. The fourth-order valence-electron chi connectivity index (χ4n) is 1.66. The van der Waals surface area contributed by atoms with Gasteiger partial charge >= 0.3 is 0 Å². The minimum atomic E-state index is -0.280. The third-order valence-electron chi connectivity index (χ3n) is 2.62.